The van der Waals surface area contributed by atoms with Crippen LogP contribution >= 0.6 is 15.9 Å². The lowest BCUT2D eigenvalue weighted by atomic mass is 9.92. The van der Waals surface area contributed by atoms with E-state index in [1.165, 1.54) is 31.6 Å². The van der Waals surface area contributed by atoms with Gasteiger partial charge >= 0.3 is 0 Å². The van der Waals surface area contributed by atoms with Gasteiger partial charge in [-0.1, -0.05) is 13.8 Å². The molecule has 1 fully saturated rings. The van der Waals surface area contributed by atoms with Crippen LogP contribution < -0.4 is 5.32 Å². The molecule has 0 spiro atoms. The molecule has 0 bridgehead atoms. The van der Waals surface area contributed by atoms with Gasteiger partial charge in [0.25, 0.3) is 5.91 Å². The van der Waals surface area contributed by atoms with Gasteiger partial charge in [-0.3, -0.25) is 4.79 Å². The summed E-state index contributed by atoms with van der Waals surface area (Å²) in [6.45, 7) is 8.73. The number of hydrogen-bond donors (Lipinski definition) is 1. The van der Waals surface area contributed by atoms with Gasteiger partial charge in [-0.2, -0.15) is 0 Å². The van der Waals surface area contributed by atoms with E-state index in [9.17, 15) is 9.18 Å². The Balaban J connectivity index is 1.67. The van der Waals surface area contributed by atoms with Crippen molar-refractivity contribution in [3.63, 3.8) is 0 Å². The SMILES string of the molecule is C[C@@H]1C[C@H](C)CN(CCCCNC(=O)c2cc(F)ccc2Br)C1. The largest absolute Gasteiger partial charge is 0.352 e. The summed E-state index contributed by atoms with van der Waals surface area (Å²) in [7, 11) is 0. The van der Waals surface area contributed by atoms with E-state index in [0.29, 0.717) is 16.6 Å². The van der Waals surface area contributed by atoms with Crippen LogP contribution in [0.2, 0.25) is 0 Å². The summed E-state index contributed by atoms with van der Waals surface area (Å²) in [6, 6.07) is 4.15. The smallest absolute Gasteiger partial charge is 0.252 e. The summed E-state index contributed by atoms with van der Waals surface area (Å²) < 4.78 is 13.8. The molecule has 23 heavy (non-hydrogen) atoms. The van der Waals surface area contributed by atoms with Gasteiger partial charge in [0.1, 0.15) is 5.82 Å². The van der Waals surface area contributed by atoms with Crippen molar-refractivity contribution in [3.8, 4) is 0 Å². The Morgan fingerprint density at radius 3 is 2.70 bits per heavy atom. The number of nitrogens with one attached hydrogen (secondary N) is 1. The number of hydrogen-bond acceptors (Lipinski definition) is 2. The van der Waals surface area contributed by atoms with Crippen LogP contribution in [0, 0.1) is 17.7 Å². The van der Waals surface area contributed by atoms with Gasteiger partial charge in [-0.05, 0) is 71.8 Å². The lowest BCUT2D eigenvalue weighted by Gasteiger charge is -2.34. The second-order valence-corrected chi connectivity index (χ2v) is 7.65. The molecule has 0 aromatic heterocycles. The van der Waals surface area contributed by atoms with E-state index in [2.05, 4.69) is 40.0 Å². The molecule has 2 rings (SSSR count). The fourth-order valence-corrected chi connectivity index (χ4v) is 3.83. The van der Waals surface area contributed by atoms with Crippen LogP contribution in [-0.2, 0) is 0 Å². The molecule has 0 saturated carbocycles. The Labute approximate surface area is 146 Å². The molecular weight excluding hydrogens is 359 g/mol. The van der Waals surface area contributed by atoms with Crippen LogP contribution in [0.25, 0.3) is 0 Å². The Morgan fingerprint density at radius 1 is 1.30 bits per heavy atom. The van der Waals surface area contributed by atoms with E-state index < -0.39 is 5.82 Å². The molecule has 1 amide bonds. The minimum absolute atomic E-state index is 0.225. The van der Waals surface area contributed by atoms with E-state index in [1.54, 1.807) is 6.07 Å². The van der Waals surface area contributed by atoms with E-state index in [4.69, 9.17) is 0 Å². The van der Waals surface area contributed by atoms with E-state index in [-0.39, 0.29) is 5.91 Å². The van der Waals surface area contributed by atoms with Crippen LogP contribution in [0.5, 0.6) is 0 Å². The summed E-state index contributed by atoms with van der Waals surface area (Å²) in [5, 5.41) is 2.87. The molecule has 128 valence electrons. The molecule has 1 saturated heterocycles. The van der Waals surface area contributed by atoms with Crippen molar-refractivity contribution < 1.29 is 9.18 Å². The first-order chi connectivity index (χ1) is 11.0. The average Bonchev–Trinajstić information content (AvgIpc) is 2.48. The highest BCUT2D eigenvalue weighted by Crippen LogP contribution is 2.21. The Kier molecular flexibility index (Phi) is 7.03. The number of nitrogens with zero attached hydrogens (tertiary/aromatic N) is 1. The Bertz CT molecular complexity index is 528. The second kappa shape index (κ2) is 8.78. The maximum atomic E-state index is 13.2. The van der Waals surface area contributed by atoms with Gasteiger partial charge in [0.15, 0.2) is 0 Å². The van der Waals surface area contributed by atoms with Crippen molar-refractivity contribution in [1.82, 2.24) is 10.2 Å². The Hall–Kier alpha value is -0.940. The van der Waals surface area contributed by atoms with E-state index >= 15 is 0 Å². The molecule has 0 radical (unpaired) electrons. The van der Waals surface area contributed by atoms with Gasteiger partial charge in [0.2, 0.25) is 0 Å². The fraction of sp³-hybridized carbons (Fsp3) is 0.611. The number of benzene rings is 1. The van der Waals surface area contributed by atoms with Gasteiger partial charge in [-0.15, -0.1) is 0 Å². The van der Waals surface area contributed by atoms with Crippen LogP contribution in [0.1, 0.15) is 43.5 Å². The fourth-order valence-electron chi connectivity index (χ4n) is 3.40. The number of likely N-dealkylation sites (tertiary alicyclic amines) is 1. The molecule has 2 atom stereocenters. The summed E-state index contributed by atoms with van der Waals surface area (Å²) in [5.41, 5.74) is 0.351. The third kappa shape index (κ3) is 5.88. The van der Waals surface area contributed by atoms with E-state index in [0.717, 1.165) is 31.2 Å². The number of unbranched alkanes of at least 4 members (excludes halogenated alkanes) is 1. The maximum absolute atomic E-state index is 13.2. The van der Waals surface area contributed by atoms with Crippen LogP contribution in [0.4, 0.5) is 4.39 Å². The summed E-state index contributed by atoms with van der Waals surface area (Å²) in [5.74, 6) is 0.941. The highest BCUT2D eigenvalue weighted by Gasteiger charge is 2.21. The van der Waals surface area contributed by atoms with Crippen molar-refractivity contribution in [2.24, 2.45) is 11.8 Å². The molecule has 1 aromatic carbocycles. The van der Waals surface area contributed by atoms with Crippen molar-refractivity contribution >= 4 is 21.8 Å². The normalized spacial score (nSPS) is 22.1. The first-order valence-electron chi connectivity index (χ1n) is 8.41. The minimum atomic E-state index is -0.397. The molecular formula is C18H26BrFN2O. The third-order valence-corrected chi connectivity index (χ3v) is 5.00. The zero-order chi connectivity index (χ0) is 16.8. The van der Waals surface area contributed by atoms with Gasteiger partial charge < -0.3 is 10.2 Å². The predicted molar refractivity (Wildman–Crippen MR) is 95.1 cm³/mol. The highest BCUT2D eigenvalue weighted by atomic mass is 79.9. The topological polar surface area (TPSA) is 32.3 Å². The number of amides is 1. The molecule has 1 N–H and O–H groups in total. The molecule has 3 nitrogen and oxygen atoms in total. The van der Waals surface area contributed by atoms with Crippen molar-refractivity contribution in [2.75, 3.05) is 26.2 Å². The molecule has 1 heterocycles. The first-order valence-corrected chi connectivity index (χ1v) is 9.20. The van der Waals surface area contributed by atoms with Crippen molar-refractivity contribution in [1.29, 1.82) is 0 Å². The van der Waals surface area contributed by atoms with Crippen LogP contribution in [0.3, 0.4) is 0 Å². The lowest BCUT2D eigenvalue weighted by molar-refractivity contribution is 0.0950. The molecule has 1 aliphatic heterocycles. The summed E-state index contributed by atoms with van der Waals surface area (Å²) in [4.78, 5) is 14.6. The number of carbonyl (C=O) groups is 1. The molecule has 0 aliphatic carbocycles. The number of rotatable bonds is 6. The van der Waals surface area contributed by atoms with Gasteiger partial charge in [-0.25, -0.2) is 4.39 Å². The zero-order valence-corrected chi connectivity index (χ0v) is 15.5. The monoisotopic (exact) mass is 384 g/mol. The zero-order valence-electron chi connectivity index (χ0n) is 13.9. The second-order valence-electron chi connectivity index (χ2n) is 6.79. The van der Waals surface area contributed by atoms with Gasteiger partial charge in [0.05, 0.1) is 5.56 Å². The van der Waals surface area contributed by atoms with Crippen LogP contribution in [-0.4, -0.2) is 37.0 Å². The molecule has 1 aliphatic rings. The third-order valence-electron chi connectivity index (χ3n) is 4.30. The quantitative estimate of drug-likeness (QED) is 0.749. The Morgan fingerprint density at radius 2 is 2.00 bits per heavy atom. The number of piperidine rings is 1. The summed E-state index contributed by atoms with van der Waals surface area (Å²) >= 11 is 3.28. The predicted octanol–water partition coefficient (Wildman–Crippen LogP) is 4.08. The maximum Gasteiger partial charge on any atom is 0.252 e. The molecule has 1 aromatic rings. The minimum Gasteiger partial charge on any atom is -0.352 e. The van der Waals surface area contributed by atoms with Crippen LogP contribution in [0.15, 0.2) is 22.7 Å². The van der Waals surface area contributed by atoms with Crippen molar-refractivity contribution in [2.45, 2.75) is 33.1 Å². The standard InChI is InChI=1S/C18H26BrFN2O/c1-13-9-14(2)12-22(11-13)8-4-3-7-21-18(23)16-10-15(20)5-6-17(16)19/h5-6,10,13-14H,3-4,7-9,11-12H2,1-2H3,(H,21,23)/t13-,14+. The average molecular weight is 385 g/mol. The first kappa shape index (κ1) is 18.4. The highest BCUT2D eigenvalue weighted by molar-refractivity contribution is 9.10. The lowest BCUT2D eigenvalue weighted by Crippen LogP contribution is -2.39. The molecule has 0 unspecified atom stereocenters. The van der Waals surface area contributed by atoms with Crippen molar-refractivity contribution in [3.05, 3.63) is 34.1 Å². The summed E-state index contributed by atoms with van der Waals surface area (Å²) in [6.07, 6.45) is 3.34. The number of carbonyl (C=O) groups excluding carboxylic acids is 1. The molecule has 5 heteroatoms. The van der Waals surface area contributed by atoms with E-state index in [1.807, 2.05) is 0 Å². The number of halogens is 2. The van der Waals surface area contributed by atoms with Gasteiger partial charge in [0, 0.05) is 24.1 Å².